The van der Waals surface area contributed by atoms with Crippen molar-refractivity contribution in [1.29, 1.82) is 0 Å². The highest BCUT2D eigenvalue weighted by molar-refractivity contribution is 7.99. The van der Waals surface area contributed by atoms with Crippen LogP contribution < -0.4 is 0 Å². The average molecular weight is 471 g/mol. The molecule has 2 heterocycles. The summed E-state index contributed by atoms with van der Waals surface area (Å²) in [5.74, 6) is -0.210. The number of nitrogens with zero attached hydrogens (tertiary/aromatic N) is 2. The van der Waals surface area contributed by atoms with Crippen molar-refractivity contribution < 1.29 is 29.4 Å². The molecule has 0 aliphatic carbocycles. The fourth-order valence-corrected chi connectivity index (χ4v) is 5.30. The molecular formula is C23H38N2O6S. The predicted octanol–water partition coefficient (Wildman–Crippen LogP) is 3.24. The lowest BCUT2D eigenvalue weighted by molar-refractivity contribution is -0.169. The van der Waals surface area contributed by atoms with E-state index in [1.165, 1.54) is 0 Å². The molecule has 0 atom stereocenters. The number of likely N-dealkylation sites (tertiary alicyclic amines) is 1. The van der Waals surface area contributed by atoms with E-state index in [9.17, 15) is 29.4 Å². The molecule has 2 saturated heterocycles. The van der Waals surface area contributed by atoms with Gasteiger partial charge in [0.2, 0.25) is 11.8 Å². The van der Waals surface area contributed by atoms with Crippen molar-refractivity contribution in [3.63, 3.8) is 0 Å². The molecule has 2 N–H and O–H groups in total. The van der Waals surface area contributed by atoms with Crippen LogP contribution in [0, 0.1) is 5.41 Å². The van der Waals surface area contributed by atoms with E-state index in [1.54, 1.807) is 4.90 Å². The lowest BCUT2D eigenvalue weighted by Gasteiger charge is -2.36. The summed E-state index contributed by atoms with van der Waals surface area (Å²) in [6.45, 7) is 2.18. The normalized spacial score (nSPS) is 18.4. The van der Waals surface area contributed by atoms with Crippen LogP contribution in [0.2, 0.25) is 0 Å². The lowest BCUT2D eigenvalue weighted by atomic mass is 9.78. The van der Waals surface area contributed by atoms with Gasteiger partial charge >= 0.3 is 11.9 Å². The van der Waals surface area contributed by atoms with Crippen LogP contribution in [0.1, 0.15) is 77.0 Å². The van der Waals surface area contributed by atoms with Gasteiger partial charge in [0.25, 0.3) is 0 Å². The van der Waals surface area contributed by atoms with Crippen LogP contribution in [0.25, 0.3) is 0 Å². The zero-order valence-electron chi connectivity index (χ0n) is 19.1. The maximum atomic E-state index is 12.3. The quantitative estimate of drug-likeness (QED) is 0.314. The highest BCUT2D eigenvalue weighted by Crippen LogP contribution is 2.32. The van der Waals surface area contributed by atoms with Gasteiger partial charge in [-0.05, 0) is 25.7 Å². The van der Waals surface area contributed by atoms with Gasteiger partial charge in [-0.2, -0.15) is 11.8 Å². The van der Waals surface area contributed by atoms with Gasteiger partial charge in [0, 0.05) is 50.5 Å². The van der Waals surface area contributed by atoms with Crippen LogP contribution >= 0.6 is 11.8 Å². The Balaban J connectivity index is 1.45. The molecule has 0 spiro atoms. The standard InChI is InChI=1S/C23H38N2O6S/c26-19(24-13-11-23(12-14-24,21(28)29)22(30)31)9-7-5-3-1-2-4-6-8-10-20(27)25-15-17-32-18-16-25/h1-18H2,(H,28,29)(H,30,31). The summed E-state index contributed by atoms with van der Waals surface area (Å²) >= 11 is 1.92. The van der Waals surface area contributed by atoms with Crippen molar-refractivity contribution in [3.05, 3.63) is 0 Å². The maximum Gasteiger partial charge on any atom is 0.321 e. The Hall–Kier alpha value is -1.77. The number of carbonyl (C=O) groups excluding carboxylic acids is 2. The minimum atomic E-state index is -1.75. The third-order valence-corrected chi connectivity index (χ3v) is 7.63. The Morgan fingerprint density at radius 1 is 0.625 bits per heavy atom. The summed E-state index contributed by atoms with van der Waals surface area (Å²) in [4.78, 5) is 50.7. The molecule has 182 valence electrons. The molecule has 2 fully saturated rings. The summed E-state index contributed by atoms with van der Waals surface area (Å²) in [5.41, 5.74) is -1.75. The smallest absolute Gasteiger partial charge is 0.321 e. The Morgan fingerprint density at radius 3 is 1.41 bits per heavy atom. The van der Waals surface area contributed by atoms with Crippen LogP contribution in [0.5, 0.6) is 0 Å². The zero-order chi connectivity index (χ0) is 23.4. The second-order valence-electron chi connectivity index (χ2n) is 8.89. The third kappa shape index (κ3) is 7.98. The Labute approximate surface area is 195 Å². The number of unbranched alkanes of at least 4 members (excludes halogenated alkanes) is 7. The maximum absolute atomic E-state index is 12.3. The largest absolute Gasteiger partial charge is 0.480 e. The molecule has 2 aliphatic heterocycles. The molecule has 8 nitrogen and oxygen atoms in total. The first-order valence-electron chi connectivity index (χ1n) is 12.0. The molecule has 2 rings (SSSR count). The molecule has 0 aromatic carbocycles. The Bertz CT molecular complexity index is 626. The second-order valence-corrected chi connectivity index (χ2v) is 10.1. The number of carboxylic acid groups (broad SMARTS) is 2. The highest BCUT2D eigenvalue weighted by Gasteiger charge is 2.49. The number of amides is 2. The molecule has 2 aliphatic rings. The number of aliphatic carboxylic acids is 2. The van der Waals surface area contributed by atoms with Gasteiger partial charge in [-0.1, -0.05) is 38.5 Å². The third-order valence-electron chi connectivity index (χ3n) is 6.68. The van der Waals surface area contributed by atoms with Crippen LogP contribution in [-0.2, 0) is 19.2 Å². The van der Waals surface area contributed by atoms with E-state index in [4.69, 9.17) is 0 Å². The summed E-state index contributed by atoms with van der Waals surface area (Å²) in [5, 5.41) is 18.5. The summed E-state index contributed by atoms with van der Waals surface area (Å²) < 4.78 is 0. The Kier molecular flexibility index (Phi) is 11.3. The van der Waals surface area contributed by atoms with Crippen LogP contribution in [-0.4, -0.2) is 81.5 Å². The molecule has 32 heavy (non-hydrogen) atoms. The molecule has 0 radical (unpaired) electrons. The monoisotopic (exact) mass is 470 g/mol. The first kappa shape index (κ1) is 26.5. The lowest BCUT2D eigenvalue weighted by Crippen LogP contribution is -2.50. The molecule has 0 saturated carbocycles. The first-order chi connectivity index (χ1) is 15.4. The Morgan fingerprint density at radius 2 is 1.00 bits per heavy atom. The van der Waals surface area contributed by atoms with Crippen LogP contribution in [0.15, 0.2) is 0 Å². The molecule has 0 aromatic rings. The van der Waals surface area contributed by atoms with Crippen LogP contribution in [0.3, 0.4) is 0 Å². The van der Waals surface area contributed by atoms with Crippen molar-refractivity contribution in [1.82, 2.24) is 9.80 Å². The summed E-state index contributed by atoms with van der Waals surface area (Å²) in [6, 6.07) is 0. The molecular weight excluding hydrogens is 432 g/mol. The molecule has 0 bridgehead atoms. The molecule has 2 amide bonds. The van der Waals surface area contributed by atoms with E-state index in [-0.39, 0.29) is 31.8 Å². The van der Waals surface area contributed by atoms with Crippen molar-refractivity contribution in [2.75, 3.05) is 37.7 Å². The average Bonchev–Trinajstić information content (AvgIpc) is 2.80. The number of hydrogen-bond acceptors (Lipinski definition) is 5. The van der Waals surface area contributed by atoms with Crippen LogP contribution in [0.4, 0.5) is 0 Å². The van der Waals surface area contributed by atoms with Gasteiger partial charge in [-0.3, -0.25) is 19.2 Å². The minimum Gasteiger partial charge on any atom is -0.480 e. The van der Waals surface area contributed by atoms with E-state index >= 15 is 0 Å². The van der Waals surface area contributed by atoms with Gasteiger partial charge in [-0.25, -0.2) is 0 Å². The topological polar surface area (TPSA) is 115 Å². The van der Waals surface area contributed by atoms with Crippen molar-refractivity contribution in [2.45, 2.75) is 77.0 Å². The van der Waals surface area contributed by atoms with E-state index in [0.29, 0.717) is 18.7 Å². The number of carboxylic acids is 2. The predicted molar refractivity (Wildman–Crippen MR) is 124 cm³/mol. The van der Waals surface area contributed by atoms with E-state index in [2.05, 4.69) is 0 Å². The van der Waals surface area contributed by atoms with E-state index < -0.39 is 17.4 Å². The van der Waals surface area contributed by atoms with Gasteiger partial charge in [0.1, 0.15) is 0 Å². The zero-order valence-corrected chi connectivity index (χ0v) is 19.9. The second kappa shape index (κ2) is 13.7. The van der Waals surface area contributed by atoms with E-state index in [1.807, 2.05) is 16.7 Å². The SMILES string of the molecule is O=C(CCCCCCCCCCC(=O)N1CCC(C(=O)O)(C(=O)O)CC1)N1CCSCC1. The van der Waals surface area contributed by atoms with Crippen molar-refractivity contribution >= 4 is 35.5 Å². The van der Waals surface area contributed by atoms with Gasteiger partial charge in [0.05, 0.1) is 0 Å². The summed E-state index contributed by atoms with van der Waals surface area (Å²) in [7, 11) is 0. The number of rotatable bonds is 13. The molecule has 9 heteroatoms. The number of piperidine rings is 1. The molecule has 0 unspecified atom stereocenters. The van der Waals surface area contributed by atoms with Crippen molar-refractivity contribution in [3.8, 4) is 0 Å². The number of carbonyl (C=O) groups is 4. The number of thioether (sulfide) groups is 1. The fourth-order valence-electron chi connectivity index (χ4n) is 4.40. The van der Waals surface area contributed by atoms with E-state index in [0.717, 1.165) is 76.0 Å². The fraction of sp³-hybridized carbons (Fsp3) is 0.826. The van der Waals surface area contributed by atoms with Gasteiger partial charge < -0.3 is 20.0 Å². The summed E-state index contributed by atoms with van der Waals surface area (Å²) in [6.07, 6.45) is 9.40. The minimum absolute atomic E-state index is 0.00801. The van der Waals surface area contributed by atoms with Crippen molar-refractivity contribution in [2.24, 2.45) is 5.41 Å². The molecule has 0 aromatic heterocycles. The van der Waals surface area contributed by atoms with Gasteiger partial charge in [-0.15, -0.1) is 0 Å². The van der Waals surface area contributed by atoms with Gasteiger partial charge in [0.15, 0.2) is 5.41 Å². The highest BCUT2D eigenvalue weighted by atomic mass is 32.2. The number of hydrogen-bond donors (Lipinski definition) is 2. The first-order valence-corrected chi connectivity index (χ1v) is 13.1.